The number of terminal acetylenes is 1. The van der Waals surface area contributed by atoms with Crippen LogP contribution in [0.2, 0.25) is 0 Å². The topological polar surface area (TPSA) is 39.1 Å². The zero-order chi connectivity index (χ0) is 12.8. The van der Waals surface area contributed by atoms with Gasteiger partial charge in [0.05, 0.1) is 11.9 Å². The Bertz CT molecular complexity index is 554. The largest absolute Gasteiger partial charge is 0.481 e. The van der Waals surface area contributed by atoms with Crippen molar-refractivity contribution in [3.8, 4) is 18.1 Å². The molecule has 1 N–H and O–H groups in total. The zero-order valence-electron chi connectivity index (χ0n) is 10.3. The number of hydrogen-bond acceptors (Lipinski definition) is 3. The fourth-order valence-electron chi connectivity index (χ4n) is 1.62. The van der Waals surface area contributed by atoms with Gasteiger partial charge < -0.3 is 10.1 Å². The van der Waals surface area contributed by atoms with Gasteiger partial charge in [0, 0.05) is 25.4 Å². The molecule has 4 nitrogen and oxygen atoms in total. The number of hydrogen-bond donors (Lipinski definition) is 1. The molecule has 0 fully saturated rings. The van der Waals surface area contributed by atoms with E-state index < -0.39 is 0 Å². The van der Waals surface area contributed by atoms with Crippen LogP contribution in [0.15, 0.2) is 36.7 Å². The SMILES string of the molecule is C#CCOc1ccccc1CNc1cnn(C)c1. The maximum atomic E-state index is 5.48. The van der Waals surface area contributed by atoms with Gasteiger partial charge in [0.25, 0.3) is 0 Å². The molecule has 1 aromatic heterocycles. The third-order valence-electron chi connectivity index (χ3n) is 2.47. The van der Waals surface area contributed by atoms with Crippen LogP contribution < -0.4 is 10.1 Å². The van der Waals surface area contributed by atoms with Gasteiger partial charge in [0.15, 0.2) is 0 Å². The molecule has 0 aliphatic rings. The van der Waals surface area contributed by atoms with Crippen molar-refractivity contribution < 1.29 is 4.74 Å². The number of para-hydroxylation sites is 1. The molecule has 0 saturated heterocycles. The summed E-state index contributed by atoms with van der Waals surface area (Å²) in [4.78, 5) is 0. The van der Waals surface area contributed by atoms with Crippen LogP contribution in [0.5, 0.6) is 5.75 Å². The van der Waals surface area contributed by atoms with Gasteiger partial charge in [-0.15, -0.1) is 6.42 Å². The maximum Gasteiger partial charge on any atom is 0.148 e. The van der Waals surface area contributed by atoms with E-state index in [0.717, 1.165) is 17.0 Å². The molecule has 2 aromatic rings. The Hall–Kier alpha value is -2.41. The van der Waals surface area contributed by atoms with Crippen LogP contribution in [-0.4, -0.2) is 16.4 Å². The van der Waals surface area contributed by atoms with E-state index >= 15 is 0 Å². The number of aryl methyl sites for hydroxylation is 1. The van der Waals surface area contributed by atoms with Gasteiger partial charge in [-0.25, -0.2) is 0 Å². The van der Waals surface area contributed by atoms with E-state index in [1.165, 1.54) is 0 Å². The molecular formula is C14H15N3O. The minimum atomic E-state index is 0.282. The highest BCUT2D eigenvalue weighted by Crippen LogP contribution is 2.19. The van der Waals surface area contributed by atoms with Crippen LogP contribution in [0.25, 0.3) is 0 Å². The standard InChI is InChI=1S/C14H15N3O/c1-3-8-18-14-7-5-4-6-12(14)9-15-13-10-16-17(2)11-13/h1,4-7,10-11,15H,8-9H2,2H3. The Morgan fingerprint density at radius 3 is 3.00 bits per heavy atom. The van der Waals surface area contributed by atoms with Gasteiger partial charge in [0.1, 0.15) is 12.4 Å². The number of nitrogens with one attached hydrogen (secondary N) is 1. The lowest BCUT2D eigenvalue weighted by atomic mass is 10.2. The quantitative estimate of drug-likeness (QED) is 0.814. The van der Waals surface area contributed by atoms with E-state index in [-0.39, 0.29) is 6.61 Å². The summed E-state index contributed by atoms with van der Waals surface area (Å²) in [6.07, 6.45) is 8.90. The molecular weight excluding hydrogens is 226 g/mol. The lowest BCUT2D eigenvalue weighted by Crippen LogP contribution is -2.03. The van der Waals surface area contributed by atoms with Crippen LogP contribution in [0.3, 0.4) is 0 Å². The summed E-state index contributed by atoms with van der Waals surface area (Å²) in [5, 5.41) is 7.38. The molecule has 0 bridgehead atoms. The molecule has 0 saturated carbocycles. The molecule has 18 heavy (non-hydrogen) atoms. The van der Waals surface area contributed by atoms with Crippen molar-refractivity contribution in [3.63, 3.8) is 0 Å². The summed E-state index contributed by atoms with van der Waals surface area (Å²) in [6, 6.07) is 7.83. The van der Waals surface area contributed by atoms with Crippen molar-refractivity contribution in [2.45, 2.75) is 6.54 Å². The van der Waals surface area contributed by atoms with Crippen LogP contribution in [0.4, 0.5) is 5.69 Å². The molecule has 0 atom stereocenters. The summed E-state index contributed by atoms with van der Waals surface area (Å²) >= 11 is 0. The average molecular weight is 241 g/mol. The molecule has 0 radical (unpaired) electrons. The second-order valence-electron chi connectivity index (χ2n) is 3.86. The van der Waals surface area contributed by atoms with Gasteiger partial charge in [-0.2, -0.15) is 5.10 Å². The Labute approximate surface area is 107 Å². The van der Waals surface area contributed by atoms with Crippen molar-refractivity contribution in [2.24, 2.45) is 7.05 Å². The predicted molar refractivity (Wildman–Crippen MR) is 71.3 cm³/mol. The van der Waals surface area contributed by atoms with E-state index in [1.54, 1.807) is 10.9 Å². The monoisotopic (exact) mass is 241 g/mol. The Morgan fingerprint density at radius 1 is 1.44 bits per heavy atom. The lowest BCUT2D eigenvalue weighted by molar-refractivity contribution is 0.366. The molecule has 0 spiro atoms. The van der Waals surface area contributed by atoms with Crippen molar-refractivity contribution in [1.29, 1.82) is 0 Å². The Kier molecular flexibility index (Phi) is 3.87. The smallest absolute Gasteiger partial charge is 0.148 e. The third kappa shape index (κ3) is 3.05. The molecule has 0 amide bonds. The summed E-state index contributed by atoms with van der Waals surface area (Å²) in [7, 11) is 1.88. The first-order valence-corrected chi connectivity index (χ1v) is 5.66. The van der Waals surface area contributed by atoms with Crippen molar-refractivity contribution in [1.82, 2.24) is 9.78 Å². The van der Waals surface area contributed by atoms with E-state index in [2.05, 4.69) is 16.3 Å². The van der Waals surface area contributed by atoms with Crippen molar-refractivity contribution >= 4 is 5.69 Å². The van der Waals surface area contributed by atoms with E-state index in [1.807, 2.05) is 37.5 Å². The van der Waals surface area contributed by atoms with Gasteiger partial charge in [0.2, 0.25) is 0 Å². The van der Waals surface area contributed by atoms with Crippen LogP contribution in [0, 0.1) is 12.3 Å². The zero-order valence-corrected chi connectivity index (χ0v) is 10.3. The van der Waals surface area contributed by atoms with E-state index in [9.17, 15) is 0 Å². The van der Waals surface area contributed by atoms with Crippen LogP contribution in [0.1, 0.15) is 5.56 Å². The molecule has 4 heteroatoms. The highest BCUT2D eigenvalue weighted by Gasteiger charge is 2.03. The molecule has 1 aromatic carbocycles. The summed E-state index contributed by atoms with van der Waals surface area (Å²) in [5.74, 6) is 3.28. The minimum absolute atomic E-state index is 0.282. The number of nitrogens with zero attached hydrogens (tertiary/aromatic N) is 2. The Balaban J connectivity index is 2.02. The highest BCUT2D eigenvalue weighted by atomic mass is 16.5. The van der Waals surface area contributed by atoms with Crippen molar-refractivity contribution in [2.75, 3.05) is 11.9 Å². The minimum Gasteiger partial charge on any atom is -0.481 e. The highest BCUT2D eigenvalue weighted by molar-refractivity contribution is 5.42. The number of aromatic nitrogens is 2. The molecule has 92 valence electrons. The third-order valence-corrected chi connectivity index (χ3v) is 2.47. The molecule has 2 rings (SSSR count). The maximum absolute atomic E-state index is 5.48. The van der Waals surface area contributed by atoms with Gasteiger partial charge in [-0.05, 0) is 6.07 Å². The molecule has 0 aliphatic heterocycles. The summed E-state index contributed by atoms with van der Waals surface area (Å²) in [6.45, 7) is 0.955. The average Bonchev–Trinajstić information content (AvgIpc) is 2.81. The van der Waals surface area contributed by atoms with Gasteiger partial charge in [-0.3, -0.25) is 4.68 Å². The van der Waals surface area contributed by atoms with E-state index in [0.29, 0.717) is 6.54 Å². The number of ether oxygens (including phenoxy) is 1. The lowest BCUT2D eigenvalue weighted by Gasteiger charge is -2.10. The first-order valence-electron chi connectivity index (χ1n) is 5.66. The number of anilines is 1. The molecule has 0 unspecified atom stereocenters. The fraction of sp³-hybridized carbons (Fsp3) is 0.214. The molecule has 0 aliphatic carbocycles. The number of benzene rings is 1. The molecule has 1 heterocycles. The first kappa shape index (κ1) is 12.1. The second-order valence-corrected chi connectivity index (χ2v) is 3.86. The first-order chi connectivity index (χ1) is 8.79. The normalized spacial score (nSPS) is 9.78. The number of rotatable bonds is 5. The van der Waals surface area contributed by atoms with E-state index in [4.69, 9.17) is 11.2 Å². The van der Waals surface area contributed by atoms with Crippen LogP contribution >= 0.6 is 0 Å². The Morgan fingerprint density at radius 2 is 2.28 bits per heavy atom. The van der Waals surface area contributed by atoms with Gasteiger partial charge >= 0.3 is 0 Å². The van der Waals surface area contributed by atoms with Crippen molar-refractivity contribution in [3.05, 3.63) is 42.2 Å². The summed E-state index contributed by atoms with van der Waals surface area (Å²) < 4.78 is 7.24. The summed E-state index contributed by atoms with van der Waals surface area (Å²) in [5.41, 5.74) is 2.04. The van der Waals surface area contributed by atoms with Gasteiger partial charge in [-0.1, -0.05) is 24.1 Å². The second kappa shape index (κ2) is 5.78. The van der Waals surface area contributed by atoms with Crippen LogP contribution in [-0.2, 0) is 13.6 Å². The predicted octanol–water partition coefficient (Wildman–Crippen LogP) is 2.04. The fourth-order valence-corrected chi connectivity index (χ4v) is 1.62.